The first kappa shape index (κ1) is 15.4. The fourth-order valence-corrected chi connectivity index (χ4v) is 2.67. The Kier molecular flexibility index (Phi) is 4.56. The van der Waals surface area contributed by atoms with Crippen molar-refractivity contribution in [2.75, 3.05) is 6.61 Å². The van der Waals surface area contributed by atoms with E-state index in [4.69, 9.17) is 4.74 Å². The van der Waals surface area contributed by atoms with Crippen LogP contribution in [0.15, 0.2) is 24.3 Å². The molecule has 21 heavy (non-hydrogen) atoms. The zero-order chi connectivity index (χ0) is 15.6. The Labute approximate surface area is 127 Å². The molecule has 2 heteroatoms. The molecular weight excluding hydrogens is 260 g/mol. The summed E-state index contributed by atoms with van der Waals surface area (Å²) < 4.78 is 5.83. The molecule has 0 aromatic heterocycles. The summed E-state index contributed by atoms with van der Waals surface area (Å²) >= 11 is 0. The highest BCUT2D eigenvalue weighted by atomic mass is 16.5. The first-order valence-corrected chi connectivity index (χ1v) is 7.48. The minimum absolute atomic E-state index is 0.384. The minimum atomic E-state index is 0.384. The van der Waals surface area contributed by atoms with Gasteiger partial charge in [0, 0.05) is 0 Å². The molecular formula is C19H24O2. The van der Waals surface area contributed by atoms with Crippen LogP contribution in [-0.2, 0) is 0 Å². The second kappa shape index (κ2) is 6.21. The Balaban J connectivity index is 2.46. The van der Waals surface area contributed by atoms with E-state index in [2.05, 4.69) is 32.9 Å². The highest BCUT2D eigenvalue weighted by molar-refractivity contribution is 5.70. The lowest BCUT2D eigenvalue weighted by Crippen LogP contribution is -1.99. The van der Waals surface area contributed by atoms with Crippen molar-refractivity contribution in [1.82, 2.24) is 0 Å². The summed E-state index contributed by atoms with van der Waals surface area (Å²) in [7, 11) is 0. The van der Waals surface area contributed by atoms with Crippen molar-refractivity contribution in [3.63, 3.8) is 0 Å². The summed E-state index contributed by atoms with van der Waals surface area (Å²) in [6.45, 7) is 10.9. The summed E-state index contributed by atoms with van der Waals surface area (Å²) in [6, 6.07) is 8.37. The number of ether oxygens (including phenoxy) is 1. The lowest BCUT2D eigenvalue weighted by molar-refractivity contribution is 0.313. The van der Waals surface area contributed by atoms with Crippen molar-refractivity contribution in [3.05, 3.63) is 46.5 Å². The van der Waals surface area contributed by atoms with E-state index in [1.807, 2.05) is 26.0 Å². The van der Waals surface area contributed by atoms with Gasteiger partial charge in [0.2, 0.25) is 0 Å². The van der Waals surface area contributed by atoms with E-state index >= 15 is 0 Å². The summed E-state index contributed by atoms with van der Waals surface area (Å²) in [4.78, 5) is 0. The maximum absolute atomic E-state index is 9.91. The van der Waals surface area contributed by atoms with E-state index in [0.717, 1.165) is 46.6 Å². The third-order valence-corrected chi connectivity index (χ3v) is 3.74. The van der Waals surface area contributed by atoms with E-state index in [-0.39, 0.29) is 0 Å². The molecule has 0 heterocycles. The number of hydrogen-bond acceptors (Lipinski definition) is 2. The van der Waals surface area contributed by atoms with Gasteiger partial charge in [0.15, 0.2) is 0 Å². The first-order chi connectivity index (χ1) is 9.93. The second-order valence-corrected chi connectivity index (χ2v) is 5.75. The standard InChI is InChI=1S/C19H24O2/c1-6-7-21-19-14(4)10-17(11-15(19)5)16-8-12(2)18(20)13(3)9-16/h8-11,20H,6-7H2,1-5H3. The smallest absolute Gasteiger partial charge is 0.125 e. The highest BCUT2D eigenvalue weighted by Crippen LogP contribution is 2.33. The van der Waals surface area contributed by atoms with Crippen LogP contribution in [-0.4, -0.2) is 11.7 Å². The zero-order valence-corrected chi connectivity index (χ0v) is 13.6. The first-order valence-electron chi connectivity index (χ1n) is 7.48. The number of aryl methyl sites for hydroxylation is 4. The largest absolute Gasteiger partial charge is 0.507 e. The molecule has 0 spiro atoms. The third-order valence-electron chi connectivity index (χ3n) is 3.74. The molecule has 2 nitrogen and oxygen atoms in total. The van der Waals surface area contributed by atoms with E-state index < -0.39 is 0 Å². The van der Waals surface area contributed by atoms with Gasteiger partial charge in [-0.2, -0.15) is 0 Å². The van der Waals surface area contributed by atoms with Crippen LogP contribution < -0.4 is 4.74 Å². The number of hydrogen-bond donors (Lipinski definition) is 1. The van der Waals surface area contributed by atoms with Crippen LogP contribution in [0.5, 0.6) is 11.5 Å². The van der Waals surface area contributed by atoms with Crippen LogP contribution in [0.3, 0.4) is 0 Å². The van der Waals surface area contributed by atoms with Crippen LogP contribution in [0.4, 0.5) is 0 Å². The molecule has 0 aliphatic heterocycles. The predicted octanol–water partition coefficient (Wildman–Crippen LogP) is 5.08. The van der Waals surface area contributed by atoms with Gasteiger partial charge in [-0.1, -0.05) is 6.92 Å². The zero-order valence-electron chi connectivity index (χ0n) is 13.6. The molecule has 0 saturated carbocycles. The summed E-state index contributed by atoms with van der Waals surface area (Å²) in [6.07, 6.45) is 1.01. The van der Waals surface area contributed by atoms with Gasteiger partial charge >= 0.3 is 0 Å². The number of phenols is 1. The summed E-state index contributed by atoms with van der Waals surface area (Å²) in [5.41, 5.74) is 6.43. The van der Waals surface area contributed by atoms with Gasteiger partial charge in [0.1, 0.15) is 11.5 Å². The van der Waals surface area contributed by atoms with Crippen LogP contribution in [0.25, 0.3) is 11.1 Å². The van der Waals surface area contributed by atoms with E-state index in [1.165, 1.54) is 5.56 Å². The van der Waals surface area contributed by atoms with Crippen LogP contribution in [0.1, 0.15) is 35.6 Å². The number of benzene rings is 2. The maximum Gasteiger partial charge on any atom is 0.125 e. The molecule has 0 fully saturated rings. The predicted molar refractivity (Wildman–Crippen MR) is 88.3 cm³/mol. The van der Waals surface area contributed by atoms with Crippen LogP contribution in [0.2, 0.25) is 0 Å². The maximum atomic E-state index is 9.91. The molecule has 2 aromatic rings. The minimum Gasteiger partial charge on any atom is -0.507 e. The van der Waals surface area contributed by atoms with Gasteiger partial charge in [-0.3, -0.25) is 0 Å². The fourth-order valence-electron chi connectivity index (χ4n) is 2.67. The Morgan fingerprint density at radius 2 is 1.24 bits per heavy atom. The van der Waals surface area contributed by atoms with Gasteiger partial charge in [0.25, 0.3) is 0 Å². The molecule has 1 N–H and O–H groups in total. The molecule has 0 saturated heterocycles. The molecule has 2 aromatic carbocycles. The Morgan fingerprint density at radius 1 is 0.810 bits per heavy atom. The number of aromatic hydroxyl groups is 1. The molecule has 0 bridgehead atoms. The van der Waals surface area contributed by atoms with E-state index in [1.54, 1.807) is 0 Å². The Bertz CT molecular complexity index is 611. The van der Waals surface area contributed by atoms with Crippen molar-refractivity contribution < 1.29 is 9.84 Å². The van der Waals surface area contributed by atoms with Gasteiger partial charge < -0.3 is 9.84 Å². The van der Waals surface area contributed by atoms with E-state index in [9.17, 15) is 5.11 Å². The Morgan fingerprint density at radius 3 is 1.67 bits per heavy atom. The lowest BCUT2D eigenvalue weighted by Gasteiger charge is -2.15. The molecule has 112 valence electrons. The molecule has 0 aliphatic carbocycles. The third kappa shape index (κ3) is 3.21. The number of phenolic OH excluding ortho intramolecular Hbond substituents is 1. The second-order valence-electron chi connectivity index (χ2n) is 5.75. The highest BCUT2D eigenvalue weighted by Gasteiger charge is 2.10. The van der Waals surface area contributed by atoms with Crippen molar-refractivity contribution in [1.29, 1.82) is 0 Å². The van der Waals surface area contributed by atoms with Gasteiger partial charge in [-0.15, -0.1) is 0 Å². The van der Waals surface area contributed by atoms with Crippen molar-refractivity contribution in [2.24, 2.45) is 0 Å². The molecule has 0 atom stereocenters. The molecule has 0 unspecified atom stereocenters. The normalized spacial score (nSPS) is 10.7. The van der Waals surface area contributed by atoms with Crippen LogP contribution in [0, 0.1) is 27.7 Å². The van der Waals surface area contributed by atoms with E-state index in [0.29, 0.717) is 5.75 Å². The van der Waals surface area contributed by atoms with Crippen molar-refractivity contribution in [3.8, 4) is 22.6 Å². The summed E-state index contributed by atoms with van der Waals surface area (Å²) in [5.74, 6) is 1.38. The lowest BCUT2D eigenvalue weighted by atomic mass is 9.96. The quantitative estimate of drug-likeness (QED) is 0.848. The molecule has 2 rings (SSSR count). The SMILES string of the molecule is CCCOc1c(C)cc(-c2cc(C)c(O)c(C)c2)cc1C. The van der Waals surface area contributed by atoms with Crippen LogP contribution >= 0.6 is 0 Å². The number of rotatable bonds is 4. The average Bonchev–Trinajstić information content (AvgIpc) is 2.43. The van der Waals surface area contributed by atoms with Crippen molar-refractivity contribution >= 4 is 0 Å². The van der Waals surface area contributed by atoms with Gasteiger partial charge in [0.05, 0.1) is 6.61 Å². The molecule has 0 amide bonds. The topological polar surface area (TPSA) is 29.5 Å². The monoisotopic (exact) mass is 284 g/mol. The molecule has 0 aliphatic rings. The van der Waals surface area contributed by atoms with Gasteiger partial charge in [-0.25, -0.2) is 0 Å². The van der Waals surface area contributed by atoms with Crippen molar-refractivity contribution in [2.45, 2.75) is 41.0 Å². The fraction of sp³-hybridized carbons (Fsp3) is 0.368. The Hall–Kier alpha value is -1.96. The molecule has 0 radical (unpaired) electrons. The summed E-state index contributed by atoms with van der Waals surface area (Å²) in [5, 5.41) is 9.91. The average molecular weight is 284 g/mol. The van der Waals surface area contributed by atoms with Gasteiger partial charge in [-0.05, 0) is 91.8 Å².